The number of benzene rings is 1. The van der Waals surface area contributed by atoms with E-state index in [9.17, 15) is 4.79 Å². The topological polar surface area (TPSA) is 54.9 Å². The van der Waals surface area contributed by atoms with Gasteiger partial charge < -0.3 is 5.32 Å². The summed E-state index contributed by atoms with van der Waals surface area (Å²) >= 11 is 1.49. The van der Waals surface area contributed by atoms with Gasteiger partial charge in [0.1, 0.15) is 4.88 Å². The molecule has 0 fully saturated rings. The number of carbonyl (C=O) groups is 1. The van der Waals surface area contributed by atoms with Crippen LogP contribution in [0.25, 0.3) is 0 Å². The highest BCUT2D eigenvalue weighted by atomic mass is 32.1. The van der Waals surface area contributed by atoms with E-state index >= 15 is 0 Å². The predicted octanol–water partition coefficient (Wildman–Crippen LogP) is 3.87. The summed E-state index contributed by atoms with van der Waals surface area (Å²) in [5.74, 6) is -0.0478. The van der Waals surface area contributed by atoms with Crippen LogP contribution in [0, 0.1) is 13.8 Å². The quantitative estimate of drug-likeness (QED) is 0.733. The third-order valence-corrected chi connectivity index (χ3v) is 5.34. The first-order valence-corrected chi connectivity index (χ1v) is 9.13. The molecule has 1 amide bonds. The molecule has 0 atom stereocenters. The Hall–Kier alpha value is -2.53. The number of aromatic nitrogens is 2. The lowest BCUT2D eigenvalue weighted by molar-refractivity contribution is 0.0954. The molecule has 0 saturated heterocycles. The van der Waals surface area contributed by atoms with Crippen molar-refractivity contribution in [2.24, 2.45) is 0 Å². The number of thiazole rings is 1. The number of nitrogens with one attached hydrogen (secondary N) is 1. The van der Waals surface area contributed by atoms with Gasteiger partial charge in [-0.2, -0.15) is 0 Å². The van der Waals surface area contributed by atoms with Crippen LogP contribution in [-0.4, -0.2) is 15.9 Å². The Balaban J connectivity index is 1.61. The van der Waals surface area contributed by atoms with Crippen LogP contribution < -0.4 is 5.32 Å². The normalized spacial score (nSPS) is 10.6. The largest absolute Gasteiger partial charge is 0.347 e. The first kappa shape index (κ1) is 17.3. The van der Waals surface area contributed by atoms with E-state index in [0.717, 1.165) is 29.1 Å². The van der Waals surface area contributed by atoms with Crippen LogP contribution in [0.5, 0.6) is 0 Å². The highest BCUT2D eigenvalue weighted by Gasteiger charge is 2.15. The zero-order chi connectivity index (χ0) is 17.6. The van der Waals surface area contributed by atoms with Crippen LogP contribution in [0.3, 0.4) is 0 Å². The second kappa shape index (κ2) is 8.03. The Morgan fingerprint density at radius 3 is 2.60 bits per heavy atom. The van der Waals surface area contributed by atoms with E-state index in [1.54, 1.807) is 12.4 Å². The smallest absolute Gasteiger partial charge is 0.263 e. The summed E-state index contributed by atoms with van der Waals surface area (Å²) < 4.78 is 0. The second-order valence-corrected chi connectivity index (χ2v) is 7.07. The molecule has 1 aromatic carbocycles. The minimum absolute atomic E-state index is 0.0478. The fraction of sp³-hybridized carbons (Fsp3) is 0.250. The molecule has 25 heavy (non-hydrogen) atoms. The average molecular weight is 351 g/mol. The molecule has 0 aliphatic heterocycles. The molecule has 0 bridgehead atoms. The number of nitrogens with zero attached hydrogens (tertiary/aromatic N) is 2. The first-order chi connectivity index (χ1) is 12.1. The summed E-state index contributed by atoms with van der Waals surface area (Å²) in [5.41, 5.74) is 4.35. The highest BCUT2D eigenvalue weighted by molar-refractivity contribution is 7.13. The molecular formula is C20H21N3OS. The number of pyridine rings is 1. The minimum Gasteiger partial charge on any atom is -0.347 e. The number of rotatable bonds is 6. The second-order valence-electron chi connectivity index (χ2n) is 5.99. The molecule has 1 N–H and O–H groups in total. The molecular weight excluding hydrogens is 330 g/mol. The SMILES string of the molecule is Cc1ccccc1CNC(=O)c1sc(CCc2ccncc2)nc1C. The monoisotopic (exact) mass is 351 g/mol. The van der Waals surface area contributed by atoms with Gasteiger partial charge in [0.25, 0.3) is 5.91 Å². The van der Waals surface area contributed by atoms with Gasteiger partial charge in [0.2, 0.25) is 0 Å². The van der Waals surface area contributed by atoms with E-state index in [-0.39, 0.29) is 5.91 Å². The molecule has 0 radical (unpaired) electrons. The van der Waals surface area contributed by atoms with Crippen molar-refractivity contribution >= 4 is 17.2 Å². The van der Waals surface area contributed by atoms with E-state index in [0.29, 0.717) is 11.4 Å². The Kier molecular flexibility index (Phi) is 5.56. The Morgan fingerprint density at radius 2 is 1.84 bits per heavy atom. The molecule has 128 valence electrons. The van der Waals surface area contributed by atoms with Gasteiger partial charge in [-0.25, -0.2) is 4.98 Å². The van der Waals surface area contributed by atoms with Crippen LogP contribution in [0.15, 0.2) is 48.8 Å². The molecule has 0 unspecified atom stereocenters. The van der Waals surface area contributed by atoms with E-state index in [4.69, 9.17) is 0 Å². The molecule has 0 aliphatic carbocycles. The van der Waals surface area contributed by atoms with Crippen LogP contribution in [0.1, 0.15) is 37.1 Å². The molecule has 0 spiro atoms. The van der Waals surface area contributed by atoms with E-state index in [1.807, 2.05) is 37.3 Å². The lowest BCUT2D eigenvalue weighted by Crippen LogP contribution is -2.22. The fourth-order valence-electron chi connectivity index (χ4n) is 2.63. The number of carbonyl (C=O) groups excluding carboxylic acids is 1. The standard InChI is InChI=1S/C20H21N3OS/c1-14-5-3-4-6-17(14)13-22-20(24)19-15(2)23-18(25-19)8-7-16-9-11-21-12-10-16/h3-6,9-12H,7-8,13H2,1-2H3,(H,22,24). The van der Waals surface area contributed by atoms with Crippen LogP contribution in [-0.2, 0) is 19.4 Å². The van der Waals surface area contributed by atoms with Crippen molar-refractivity contribution in [3.63, 3.8) is 0 Å². The summed E-state index contributed by atoms with van der Waals surface area (Å²) in [4.78, 5) is 21.8. The first-order valence-electron chi connectivity index (χ1n) is 8.31. The molecule has 0 saturated carbocycles. The molecule has 4 nitrogen and oxygen atoms in total. The summed E-state index contributed by atoms with van der Waals surface area (Å²) in [6.45, 7) is 4.49. The molecule has 3 rings (SSSR count). The van der Waals surface area contributed by atoms with Gasteiger partial charge in [0, 0.05) is 25.4 Å². The van der Waals surface area contributed by atoms with Gasteiger partial charge in [-0.05, 0) is 49.1 Å². The number of hydrogen-bond acceptors (Lipinski definition) is 4. The summed E-state index contributed by atoms with van der Waals surface area (Å²) in [6, 6.07) is 12.1. The molecule has 2 aromatic heterocycles. The fourth-order valence-corrected chi connectivity index (χ4v) is 3.62. The Morgan fingerprint density at radius 1 is 1.08 bits per heavy atom. The van der Waals surface area contributed by atoms with Crippen LogP contribution in [0.2, 0.25) is 0 Å². The van der Waals surface area contributed by atoms with Crippen molar-refractivity contribution in [2.75, 3.05) is 0 Å². The van der Waals surface area contributed by atoms with Gasteiger partial charge in [-0.1, -0.05) is 24.3 Å². The van der Waals surface area contributed by atoms with Gasteiger partial charge in [-0.15, -0.1) is 11.3 Å². The van der Waals surface area contributed by atoms with Gasteiger partial charge in [0.05, 0.1) is 10.7 Å². The number of amides is 1. The van der Waals surface area contributed by atoms with Gasteiger partial charge in [-0.3, -0.25) is 9.78 Å². The van der Waals surface area contributed by atoms with Crippen molar-refractivity contribution in [3.05, 3.63) is 81.1 Å². The van der Waals surface area contributed by atoms with Crippen molar-refractivity contribution in [1.82, 2.24) is 15.3 Å². The molecule has 5 heteroatoms. The minimum atomic E-state index is -0.0478. The zero-order valence-corrected chi connectivity index (χ0v) is 15.3. The van der Waals surface area contributed by atoms with Gasteiger partial charge >= 0.3 is 0 Å². The maximum Gasteiger partial charge on any atom is 0.263 e. The van der Waals surface area contributed by atoms with Gasteiger partial charge in [0.15, 0.2) is 0 Å². The van der Waals surface area contributed by atoms with Crippen molar-refractivity contribution in [1.29, 1.82) is 0 Å². The van der Waals surface area contributed by atoms with Crippen molar-refractivity contribution in [3.8, 4) is 0 Å². The van der Waals surface area contributed by atoms with Crippen molar-refractivity contribution in [2.45, 2.75) is 33.2 Å². The number of aryl methyl sites for hydroxylation is 4. The zero-order valence-electron chi connectivity index (χ0n) is 14.5. The third kappa shape index (κ3) is 4.51. The maximum absolute atomic E-state index is 12.5. The van der Waals surface area contributed by atoms with E-state index in [2.05, 4.69) is 28.3 Å². The average Bonchev–Trinajstić information content (AvgIpc) is 3.01. The lowest BCUT2D eigenvalue weighted by atomic mass is 10.1. The van der Waals surface area contributed by atoms with Crippen molar-refractivity contribution < 1.29 is 4.79 Å². The molecule has 2 heterocycles. The Labute approximate surface area is 152 Å². The highest BCUT2D eigenvalue weighted by Crippen LogP contribution is 2.20. The summed E-state index contributed by atoms with van der Waals surface area (Å²) in [6.07, 6.45) is 5.33. The van der Waals surface area contributed by atoms with Crippen LogP contribution in [0.4, 0.5) is 0 Å². The Bertz CT molecular complexity index is 858. The maximum atomic E-state index is 12.5. The summed E-state index contributed by atoms with van der Waals surface area (Å²) in [5, 5.41) is 4.00. The summed E-state index contributed by atoms with van der Waals surface area (Å²) in [7, 11) is 0. The molecule has 0 aliphatic rings. The van der Waals surface area contributed by atoms with Crippen LogP contribution >= 0.6 is 11.3 Å². The van der Waals surface area contributed by atoms with E-state index < -0.39 is 0 Å². The lowest BCUT2D eigenvalue weighted by Gasteiger charge is -2.07. The molecule has 3 aromatic rings. The predicted molar refractivity (Wildman–Crippen MR) is 101 cm³/mol. The number of hydrogen-bond donors (Lipinski definition) is 1. The third-order valence-electron chi connectivity index (χ3n) is 4.12. The van der Waals surface area contributed by atoms with E-state index in [1.165, 1.54) is 22.5 Å².